The Morgan fingerprint density at radius 1 is 1.08 bits per heavy atom. The van der Waals surface area contributed by atoms with Gasteiger partial charge in [-0.05, 0) is 82.9 Å². The molecule has 0 saturated carbocycles. The van der Waals surface area contributed by atoms with Gasteiger partial charge in [-0.1, -0.05) is 12.1 Å². The first kappa shape index (κ1) is 34.8. The van der Waals surface area contributed by atoms with Crippen LogP contribution in [0.2, 0.25) is 0 Å². The average molecular weight is 681 g/mol. The minimum absolute atomic E-state index is 0.0727. The van der Waals surface area contributed by atoms with Crippen molar-refractivity contribution < 1.29 is 31.8 Å². The summed E-state index contributed by atoms with van der Waals surface area (Å²) in [6.45, 7) is 8.70. The summed E-state index contributed by atoms with van der Waals surface area (Å²) in [6.07, 6.45) is 4.78. The van der Waals surface area contributed by atoms with Gasteiger partial charge in [0.2, 0.25) is 21.9 Å². The summed E-state index contributed by atoms with van der Waals surface area (Å²) in [5.74, 6) is 0.0976. The van der Waals surface area contributed by atoms with E-state index in [0.29, 0.717) is 46.8 Å². The standard InChI is InChI=1S/C34H41FN6O6S/c1-22-11-12-24-25(13-14-27(35)29(24)40-48(43,44)20-8-19-45-5)30(22)46-31-26(10-6-16-36-31)28-15-17-37-32(39-28)38-23-9-7-18-41(21-23)33(42)47-34(2,3)4/h6,10-17,23,40H,7-9,18-21H2,1-5H3,(H,37,38,39)/t23-/m0/s1. The van der Waals surface area contributed by atoms with Crippen molar-refractivity contribution >= 4 is 38.5 Å². The molecule has 5 rings (SSSR count). The monoisotopic (exact) mass is 680 g/mol. The van der Waals surface area contributed by atoms with Gasteiger partial charge >= 0.3 is 6.09 Å². The number of piperidine rings is 1. The van der Waals surface area contributed by atoms with Crippen LogP contribution >= 0.6 is 0 Å². The van der Waals surface area contributed by atoms with E-state index in [1.807, 2.05) is 33.8 Å². The minimum Gasteiger partial charge on any atom is -0.444 e. The number of nitrogens with one attached hydrogen (secondary N) is 2. The van der Waals surface area contributed by atoms with Crippen molar-refractivity contribution in [3.63, 3.8) is 0 Å². The molecule has 2 aromatic carbocycles. The zero-order valence-corrected chi connectivity index (χ0v) is 28.6. The lowest BCUT2D eigenvalue weighted by Gasteiger charge is -2.34. The Morgan fingerprint density at radius 2 is 1.88 bits per heavy atom. The Balaban J connectivity index is 1.40. The summed E-state index contributed by atoms with van der Waals surface area (Å²) < 4.78 is 59.9. The second-order valence-electron chi connectivity index (χ2n) is 12.6. The molecule has 1 amide bonds. The van der Waals surface area contributed by atoms with E-state index < -0.39 is 21.4 Å². The predicted molar refractivity (Wildman–Crippen MR) is 182 cm³/mol. The fourth-order valence-corrected chi connectivity index (χ4v) is 6.53. The third kappa shape index (κ3) is 8.66. The summed E-state index contributed by atoms with van der Waals surface area (Å²) in [5, 5.41) is 4.19. The van der Waals surface area contributed by atoms with Gasteiger partial charge in [-0.15, -0.1) is 0 Å². The number of halogens is 1. The van der Waals surface area contributed by atoms with Gasteiger partial charge in [-0.25, -0.2) is 32.6 Å². The molecule has 0 spiro atoms. The zero-order chi connectivity index (χ0) is 34.5. The van der Waals surface area contributed by atoms with E-state index in [9.17, 15) is 13.2 Å². The van der Waals surface area contributed by atoms with Crippen LogP contribution in [-0.4, -0.2) is 78.6 Å². The van der Waals surface area contributed by atoms with Crippen molar-refractivity contribution in [2.75, 3.05) is 42.6 Å². The summed E-state index contributed by atoms with van der Waals surface area (Å²) in [4.78, 5) is 28.0. The molecule has 0 bridgehead atoms. The molecular weight excluding hydrogens is 639 g/mol. The van der Waals surface area contributed by atoms with Crippen molar-refractivity contribution in [3.8, 4) is 22.9 Å². The second kappa shape index (κ2) is 14.7. The van der Waals surface area contributed by atoms with E-state index in [0.717, 1.165) is 18.4 Å². The van der Waals surface area contributed by atoms with Crippen molar-refractivity contribution in [2.45, 2.75) is 58.6 Å². The van der Waals surface area contributed by atoms with Crippen molar-refractivity contribution in [3.05, 3.63) is 66.2 Å². The van der Waals surface area contributed by atoms with E-state index in [1.165, 1.54) is 13.2 Å². The highest BCUT2D eigenvalue weighted by atomic mass is 32.2. The Bertz CT molecular complexity index is 1880. The SMILES string of the molecule is COCCCS(=O)(=O)Nc1c(F)ccc2c(Oc3ncccc3-c3ccnc(N[C@H]4CCCN(C(=O)OC(C)(C)C)C4)n3)c(C)ccc12. The molecule has 1 atom stereocenters. The maximum Gasteiger partial charge on any atom is 0.410 e. The molecule has 0 radical (unpaired) electrons. The number of carbonyl (C=O) groups is 1. The first-order valence-corrected chi connectivity index (χ1v) is 17.4. The molecule has 1 fully saturated rings. The molecule has 256 valence electrons. The first-order chi connectivity index (χ1) is 22.8. The van der Waals surface area contributed by atoms with Crippen LogP contribution < -0.4 is 14.8 Å². The maximum atomic E-state index is 15.1. The zero-order valence-electron chi connectivity index (χ0n) is 27.7. The number of sulfonamides is 1. The molecule has 0 aliphatic carbocycles. The number of ether oxygens (including phenoxy) is 3. The van der Waals surface area contributed by atoms with Crippen LogP contribution in [-0.2, 0) is 19.5 Å². The number of likely N-dealkylation sites (tertiary alicyclic amines) is 1. The number of aromatic nitrogens is 3. The molecule has 4 aromatic rings. The van der Waals surface area contributed by atoms with Crippen LogP contribution in [0.4, 0.5) is 20.8 Å². The van der Waals surface area contributed by atoms with Gasteiger partial charge in [0.15, 0.2) is 0 Å². The molecule has 3 heterocycles. The molecule has 1 aliphatic rings. The number of hydrogen-bond acceptors (Lipinski definition) is 10. The van der Waals surface area contributed by atoms with Gasteiger partial charge in [0, 0.05) is 56.0 Å². The van der Waals surface area contributed by atoms with Crippen molar-refractivity contribution in [2.24, 2.45) is 0 Å². The summed E-state index contributed by atoms with van der Waals surface area (Å²) >= 11 is 0. The number of aryl methyl sites for hydroxylation is 1. The Labute approximate surface area is 280 Å². The van der Waals surface area contributed by atoms with Crippen LogP contribution in [0, 0.1) is 12.7 Å². The summed E-state index contributed by atoms with van der Waals surface area (Å²) in [7, 11) is -2.36. The smallest absolute Gasteiger partial charge is 0.410 e. The van der Waals surface area contributed by atoms with Gasteiger partial charge in [0.1, 0.15) is 17.2 Å². The summed E-state index contributed by atoms with van der Waals surface area (Å²) in [6, 6.07) is 11.4. The predicted octanol–water partition coefficient (Wildman–Crippen LogP) is 6.52. The number of benzene rings is 2. The maximum absolute atomic E-state index is 15.1. The topological polar surface area (TPSA) is 145 Å². The lowest BCUT2D eigenvalue weighted by atomic mass is 10.0. The molecule has 12 nitrogen and oxygen atoms in total. The van der Waals surface area contributed by atoms with Crippen LogP contribution in [0.3, 0.4) is 0 Å². The molecule has 0 unspecified atom stereocenters. The number of rotatable bonds is 11. The lowest BCUT2D eigenvalue weighted by Crippen LogP contribution is -2.47. The van der Waals surface area contributed by atoms with Gasteiger partial charge < -0.3 is 24.4 Å². The van der Waals surface area contributed by atoms with Crippen LogP contribution in [0.5, 0.6) is 11.6 Å². The van der Waals surface area contributed by atoms with Crippen LogP contribution in [0.25, 0.3) is 22.0 Å². The number of methoxy groups -OCH3 is 1. The third-order valence-corrected chi connectivity index (χ3v) is 8.97. The van der Waals surface area contributed by atoms with Crippen molar-refractivity contribution in [1.82, 2.24) is 19.9 Å². The Morgan fingerprint density at radius 3 is 2.65 bits per heavy atom. The minimum atomic E-state index is -3.84. The second-order valence-corrected chi connectivity index (χ2v) is 14.5. The molecule has 2 N–H and O–H groups in total. The molecule has 2 aromatic heterocycles. The highest BCUT2D eigenvalue weighted by Crippen LogP contribution is 2.39. The highest BCUT2D eigenvalue weighted by Gasteiger charge is 2.28. The fraction of sp³-hybridized carbons (Fsp3) is 0.412. The largest absolute Gasteiger partial charge is 0.444 e. The highest BCUT2D eigenvalue weighted by molar-refractivity contribution is 7.92. The number of amides is 1. The number of pyridine rings is 1. The van der Waals surface area contributed by atoms with E-state index in [-0.39, 0.29) is 42.5 Å². The van der Waals surface area contributed by atoms with Gasteiger partial charge in [-0.2, -0.15) is 0 Å². The van der Waals surface area contributed by atoms with Gasteiger partial charge in [-0.3, -0.25) is 4.72 Å². The van der Waals surface area contributed by atoms with Crippen molar-refractivity contribution in [1.29, 1.82) is 0 Å². The first-order valence-electron chi connectivity index (χ1n) is 15.8. The van der Waals surface area contributed by atoms with Crippen LogP contribution in [0.15, 0.2) is 54.9 Å². The number of hydrogen-bond donors (Lipinski definition) is 2. The Hall–Kier alpha value is -4.56. The number of fused-ring (bicyclic) bond motifs is 1. The third-order valence-electron chi connectivity index (χ3n) is 7.62. The molecule has 14 heteroatoms. The van der Waals surface area contributed by atoms with E-state index >= 15 is 4.39 Å². The average Bonchev–Trinajstić information content (AvgIpc) is 3.03. The fourth-order valence-electron chi connectivity index (χ4n) is 5.41. The lowest BCUT2D eigenvalue weighted by molar-refractivity contribution is 0.0206. The quantitative estimate of drug-likeness (QED) is 0.168. The van der Waals surface area contributed by atoms with E-state index in [1.54, 1.807) is 47.6 Å². The van der Waals surface area contributed by atoms with E-state index in [4.69, 9.17) is 19.2 Å². The van der Waals surface area contributed by atoms with Gasteiger partial charge in [0.25, 0.3) is 0 Å². The molecule has 1 saturated heterocycles. The summed E-state index contributed by atoms with van der Waals surface area (Å²) in [5.41, 5.74) is 1.12. The number of anilines is 2. The number of nitrogens with zero attached hydrogens (tertiary/aromatic N) is 4. The van der Waals surface area contributed by atoms with Gasteiger partial charge in [0.05, 0.1) is 22.7 Å². The van der Waals surface area contributed by atoms with Crippen LogP contribution in [0.1, 0.15) is 45.6 Å². The molecule has 1 aliphatic heterocycles. The number of carbonyl (C=O) groups excluding carboxylic acids is 1. The van der Waals surface area contributed by atoms with E-state index in [2.05, 4.69) is 20.0 Å². The molecular formula is C34H41FN6O6S. The Kier molecular flexibility index (Phi) is 10.6. The normalized spacial score (nSPS) is 15.3. The molecule has 48 heavy (non-hydrogen) atoms.